The standard InChI is InChI=1S/C33H56N4O2S2/c1-9-11-13-15-17-19-21-40-30-34-29(35-31(36-30)41-22-20-18-16-14-12-10-2)37(39)25-23-26(32(3,4)5)28(38)27(24-25)33(6,7)8/h23-24,38-39H,9-22H2,1-8H3. The molecule has 2 rings (SSSR count). The fraction of sp³-hybridized carbons (Fsp3) is 0.727. The monoisotopic (exact) mass is 604 g/mol. The van der Waals surface area contributed by atoms with Crippen LogP contribution in [0.25, 0.3) is 0 Å². The number of phenolic OH excluding ortho intramolecular Hbond substituents is 1. The first kappa shape index (κ1) is 35.7. The van der Waals surface area contributed by atoms with E-state index >= 15 is 0 Å². The number of hydrogen-bond acceptors (Lipinski definition) is 8. The number of thioether (sulfide) groups is 2. The maximum atomic E-state index is 11.5. The van der Waals surface area contributed by atoms with Gasteiger partial charge in [-0.3, -0.25) is 5.21 Å². The summed E-state index contributed by atoms with van der Waals surface area (Å²) < 4.78 is 0. The van der Waals surface area contributed by atoms with Crippen LogP contribution in [0.1, 0.15) is 144 Å². The molecule has 0 aliphatic heterocycles. The number of nitrogens with zero attached hydrogens (tertiary/aromatic N) is 4. The van der Waals surface area contributed by atoms with Gasteiger partial charge in [0.05, 0.1) is 5.69 Å². The average molecular weight is 605 g/mol. The third-order valence-electron chi connectivity index (χ3n) is 7.19. The van der Waals surface area contributed by atoms with E-state index in [1.54, 1.807) is 23.5 Å². The third-order valence-corrected chi connectivity index (χ3v) is 9.05. The second-order valence-corrected chi connectivity index (χ2v) is 15.3. The molecule has 0 aliphatic carbocycles. The maximum Gasteiger partial charge on any atom is 0.259 e. The molecule has 232 valence electrons. The molecule has 0 atom stereocenters. The zero-order valence-electron chi connectivity index (χ0n) is 27.1. The molecule has 6 nitrogen and oxygen atoms in total. The van der Waals surface area contributed by atoms with Crippen molar-refractivity contribution in [2.75, 3.05) is 16.6 Å². The molecule has 0 aliphatic rings. The van der Waals surface area contributed by atoms with Crippen molar-refractivity contribution in [1.29, 1.82) is 0 Å². The van der Waals surface area contributed by atoms with E-state index in [-0.39, 0.29) is 22.5 Å². The van der Waals surface area contributed by atoms with Crippen molar-refractivity contribution < 1.29 is 10.3 Å². The Bertz CT molecular complexity index is 979. The number of phenols is 1. The van der Waals surface area contributed by atoms with Crippen molar-refractivity contribution >= 4 is 35.2 Å². The highest BCUT2D eigenvalue weighted by Crippen LogP contribution is 2.42. The summed E-state index contributed by atoms with van der Waals surface area (Å²) in [7, 11) is 0. The number of aromatic nitrogens is 3. The van der Waals surface area contributed by atoms with Gasteiger partial charge in [0.2, 0.25) is 0 Å². The SMILES string of the molecule is CCCCCCCCSc1nc(SCCCCCCCC)nc(N(O)c2cc(C(C)(C)C)c(O)c(C(C)(C)C)c2)n1. The number of unbranched alkanes of at least 4 members (excludes halogenated alkanes) is 10. The van der Waals surface area contributed by atoms with Gasteiger partial charge in [-0.25, -0.2) is 0 Å². The van der Waals surface area contributed by atoms with Gasteiger partial charge in [0, 0.05) is 22.6 Å². The molecule has 0 radical (unpaired) electrons. The van der Waals surface area contributed by atoms with E-state index in [2.05, 4.69) is 65.4 Å². The minimum Gasteiger partial charge on any atom is -0.507 e. The van der Waals surface area contributed by atoms with Crippen molar-refractivity contribution in [2.45, 2.75) is 154 Å². The van der Waals surface area contributed by atoms with Gasteiger partial charge in [0.15, 0.2) is 10.3 Å². The highest BCUT2D eigenvalue weighted by atomic mass is 32.2. The Hall–Kier alpha value is -1.51. The van der Waals surface area contributed by atoms with Gasteiger partial charge in [-0.05, 0) is 35.8 Å². The van der Waals surface area contributed by atoms with Crippen LogP contribution in [0.15, 0.2) is 22.4 Å². The van der Waals surface area contributed by atoms with Gasteiger partial charge < -0.3 is 5.11 Å². The Balaban J connectivity index is 2.30. The number of anilines is 2. The molecule has 0 saturated heterocycles. The zero-order chi connectivity index (χ0) is 30.5. The van der Waals surface area contributed by atoms with Crippen LogP contribution < -0.4 is 5.06 Å². The van der Waals surface area contributed by atoms with Crippen LogP contribution in [-0.4, -0.2) is 36.8 Å². The quantitative estimate of drug-likeness (QED) is 0.0988. The summed E-state index contributed by atoms with van der Waals surface area (Å²) in [6.45, 7) is 16.9. The Labute approximate surface area is 258 Å². The zero-order valence-corrected chi connectivity index (χ0v) is 28.7. The summed E-state index contributed by atoms with van der Waals surface area (Å²) in [5.74, 6) is 2.40. The lowest BCUT2D eigenvalue weighted by molar-refractivity contribution is 0.291. The molecule has 0 saturated carbocycles. The van der Waals surface area contributed by atoms with E-state index in [0.29, 0.717) is 16.0 Å². The summed E-state index contributed by atoms with van der Waals surface area (Å²) >= 11 is 3.28. The highest BCUT2D eigenvalue weighted by Gasteiger charge is 2.28. The van der Waals surface area contributed by atoms with Gasteiger partial charge in [0.1, 0.15) is 5.75 Å². The van der Waals surface area contributed by atoms with E-state index in [0.717, 1.165) is 40.5 Å². The first-order chi connectivity index (χ1) is 19.4. The van der Waals surface area contributed by atoms with Crippen LogP contribution in [-0.2, 0) is 10.8 Å². The topological polar surface area (TPSA) is 82.4 Å². The summed E-state index contributed by atoms with van der Waals surface area (Å²) in [6, 6.07) is 3.70. The molecule has 8 heteroatoms. The third kappa shape index (κ3) is 12.3. The first-order valence-corrected chi connectivity index (χ1v) is 17.7. The van der Waals surface area contributed by atoms with E-state index in [9.17, 15) is 10.3 Å². The largest absolute Gasteiger partial charge is 0.507 e. The second kappa shape index (κ2) is 17.6. The van der Waals surface area contributed by atoms with Crippen molar-refractivity contribution in [3.8, 4) is 5.75 Å². The van der Waals surface area contributed by atoms with Crippen LogP contribution >= 0.6 is 23.5 Å². The molecule has 1 aromatic carbocycles. The smallest absolute Gasteiger partial charge is 0.259 e. The number of hydrogen-bond donors (Lipinski definition) is 2. The van der Waals surface area contributed by atoms with Crippen LogP contribution in [0.3, 0.4) is 0 Å². The van der Waals surface area contributed by atoms with Crippen molar-refractivity contribution in [1.82, 2.24) is 15.0 Å². The lowest BCUT2D eigenvalue weighted by Gasteiger charge is -2.29. The Kier molecular flexibility index (Phi) is 15.3. The number of aromatic hydroxyl groups is 1. The molecule has 0 amide bonds. The van der Waals surface area contributed by atoms with Crippen molar-refractivity contribution in [3.05, 3.63) is 23.3 Å². The van der Waals surface area contributed by atoms with Crippen molar-refractivity contribution in [3.63, 3.8) is 0 Å². The van der Waals surface area contributed by atoms with Gasteiger partial charge in [-0.2, -0.15) is 20.0 Å². The first-order valence-electron chi connectivity index (χ1n) is 15.8. The normalized spacial score (nSPS) is 12.2. The molecular formula is C33H56N4O2S2. The fourth-order valence-electron chi connectivity index (χ4n) is 4.64. The molecule has 0 spiro atoms. The molecule has 41 heavy (non-hydrogen) atoms. The average Bonchev–Trinajstić information content (AvgIpc) is 2.90. The maximum absolute atomic E-state index is 11.5. The summed E-state index contributed by atoms with van der Waals surface area (Å²) in [5, 5.41) is 25.0. The summed E-state index contributed by atoms with van der Waals surface area (Å²) in [6.07, 6.45) is 15.0. The van der Waals surface area contributed by atoms with E-state index < -0.39 is 0 Å². The molecule has 0 fully saturated rings. The summed E-state index contributed by atoms with van der Waals surface area (Å²) in [5.41, 5.74) is 1.49. The molecule has 2 aromatic rings. The Morgan fingerprint density at radius 1 is 0.634 bits per heavy atom. The predicted octanol–water partition coefficient (Wildman–Crippen LogP) is 10.6. The fourth-order valence-corrected chi connectivity index (χ4v) is 6.36. The van der Waals surface area contributed by atoms with Crippen LogP contribution in [0.2, 0.25) is 0 Å². The molecule has 0 unspecified atom stereocenters. The van der Waals surface area contributed by atoms with Gasteiger partial charge in [0.25, 0.3) is 5.95 Å². The lowest BCUT2D eigenvalue weighted by Crippen LogP contribution is -2.21. The van der Waals surface area contributed by atoms with Crippen LogP contribution in [0.5, 0.6) is 5.75 Å². The van der Waals surface area contributed by atoms with E-state index in [1.807, 2.05) is 12.1 Å². The van der Waals surface area contributed by atoms with Crippen LogP contribution in [0, 0.1) is 0 Å². The van der Waals surface area contributed by atoms with Gasteiger partial charge >= 0.3 is 0 Å². The Morgan fingerprint density at radius 3 is 1.41 bits per heavy atom. The molecule has 1 heterocycles. The van der Waals surface area contributed by atoms with E-state index in [1.165, 1.54) is 64.2 Å². The number of benzene rings is 1. The highest BCUT2D eigenvalue weighted by molar-refractivity contribution is 7.99. The minimum atomic E-state index is -0.309. The molecule has 1 aromatic heterocycles. The van der Waals surface area contributed by atoms with Crippen LogP contribution in [0.4, 0.5) is 11.6 Å². The minimum absolute atomic E-state index is 0.223. The molecule has 2 N–H and O–H groups in total. The van der Waals surface area contributed by atoms with Gasteiger partial charge in [-0.1, -0.05) is 143 Å². The molecular weight excluding hydrogens is 549 g/mol. The molecule has 0 bridgehead atoms. The van der Waals surface area contributed by atoms with Gasteiger partial charge in [-0.15, -0.1) is 0 Å². The second-order valence-electron chi connectivity index (χ2n) is 13.1. The lowest BCUT2D eigenvalue weighted by atomic mass is 9.79. The van der Waals surface area contributed by atoms with Crippen molar-refractivity contribution in [2.24, 2.45) is 0 Å². The summed E-state index contributed by atoms with van der Waals surface area (Å²) in [4.78, 5) is 14.1. The number of rotatable bonds is 18. The predicted molar refractivity (Wildman–Crippen MR) is 177 cm³/mol. The Morgan fingerprint density at radius 2 is 1.02 bits per heavy atom. The van der Waals surface area contributed by atoms with E-state index in [4.69, 9.17) is 4.98 Å².